The summed E-state index contributed by atoms with van der Waals surface area (Å²) in [5, 5.41) is 21.3. The molecule has 0 radical (unpaired) electrons. The van der Waals surface area contributed by atoms with E-state index in [2.05, 4.69) is 10.2 Å². The minimum atomic E-state index is -0.401. The molecule has 2 aromatic carbocycles. The van der Waals surface area contributed by atoms with Gasteiger partial charge in [0, 0.05) is 28.9 Å². The van der Waals surface area contributed by atoms with Crippen LogP contribution in [0.5, 0.6) is 0 Å². The van der Waals surface area contributed by atoms with E-state index in [0.717, 1.165) is 27.5 Å². The number of rotatable bonds is 4. The number of aromatic nitrogens is 1. The molecule has 7 heteroatoms. The van der Waals surface area contributed by atoms with E-state index >= 15 is 0 Å². The molecule has 0 fully saturated rings. The van der Waals surface area contributed by atoms with Crippen LogP contribution in [0.15, 0.2) is 70.2 Å². The number of nitro groups is 1. The number of non-ortho nitro benzene ring substituents is 1. The smallest absolute Gasteiger partial charge is 0.269 e. The van der Waals surface area contributed by atoms with Crippen molar-refractivity contribution in [2.75, 3.05) is 0 Å². The highest BCUT2D eigenvalue weighted by molar-refractivity contribution is 7.07. The molecule has 3 rings (SSSR count). The molecule has 0 saturated heterocycles. The van der Waals surface area contributed by atoms with Gasteiger partial charge in [0.05, 0.1) is 10.6 Å². The maximum atomic E-state index is 10.9. The van der Waals surface area contributed by atoms with Crippen molar-refractivity contribution in [2.24, 2.45) is 10.2 Å². The van der Waals surface area contributed by atoms with Crippen LogP contribution in [0.25, 0.3) is 16.9 Å². The van der Waals surface area contributed by atoms with Crippen molar-refractivity contribution in [3.8, 4) is 16.9 Å². The monoisotopic (exact) mass is 352 g/mol. The molecule has 0 N–H and O–H groups in total. The number of benzene rings is 2. The van der Waals surface area contributed by atoms with Gasteiger partial charge < -0.3 is 0 Å². The topological polar surface area (TPSA) is 72.8 Å². The second kappa shape index (κ2) is 7.23. The summed E-state index contributed by atoms with van der Waals surface area (Å²) < 4.78 is 2.00. The lowest BCUT2D eigenvalue weighted by molar-refractivity contribution is -0.384. The van der Waals surface area contributed by atoms with E-state index in [1.54, 1.807) is 12.1 Å². The molecule has 0 amide bonds. The highest BCUT2D eigenvalue weighted by atomic mass is 32.1. The SMILES string of the molecule is CC(C)=N/N=c1\scc(-c2ccc([N+](=O)[O-])cc2)n1-c1ccccc1. The van der Waals surface area contributed by atoms with Crippen LogP contribution in [-0.2, 0) is 0 Å². The number of thiazole rings is 1. The lowest BCUT2D eigenvalue weighted by Crippen LogP contribution is -2.13. The third-order valence-electron chi connectivity index (χ3n) is 3.43. The number of para-hydroxylation sites is 1. The van der Waals surface area contributed by atoms with Crippen molar-refractivity contribution < 1.29 is 4.92 Å². The zero-order valence-corrected chi connectivity index (χ0v) is 14.6. The highest BCUT2D eigenvalue weighted by Gasteiger charge is 2.12. The quantitative estimate of drug-likeness (QED) is 0.396. The van der Waals surface area contributed by atoms with E-state index in [1.807, 2.05) is 54.1 Å². The van der Waals surface area contributed by atoms with Crippen LogP contribution in [0, 0.1) is 10.1 Å². The number of nitrogens with zero attached hydrogens (tertiary/aromatic N) is 4. The second-order valence-electron chi connectivity index (χ2n) is 5.53. The minimum Gasteiger partial charge on any atom is -0.284 e. The normalized spacial score (nSPS) is 11.4. The van der Waals surface area contributed by atoms with E-state index < -0.39 is 4.92 Å². The Morgan fingerprint density at radius 3 is 2.36 bits per heavy atom. The summed E-state index contributed by atoms with van der Waals surface area (Å²) in [5.41, 5.74) is 3.68. The molecule has 0 aliphatic heterocycles. The molecule has 1 heterocycles. The molecular weight excluding hydrogens is 336 g/mol. The average molecular weight is 352 g/mol. The molecule has 0 atom stereocenters. The van der Waals surface area contributed by atoms with Crippen LogP contribution in [0.1, 0.15) is 13.8 Å². The molecular formula is C18H16N4O2S. The summed E-state index contributed by atoms with van der Waals surface area (Å²) in [6.45, 7) is 3.78. The van der Waals surface area contributed by atoms with Gasteiger partial charge in [-0.05, 0) is 43.7 Å². The average Bonchev–Trinajstić information content (AvgIpc) is 3.04. The third-order valence-corrected chi connectivity index (χ3v) is 4.25. The Morgan fingerprint density at radius 2 is 1.76 bits per heavy atom. The van der Waals surface area contributed by atoms with Gasteiger partial charge in [-0.15, -0.1) is 16.4 Å². The van der Waals surface area contributed by atoms with Crippen molar-refractivity contribution in [2.45, 2.75) is 13.8 Å². The Kier molecular flexibility index (Phi) is 4.85. The Balaban J connectivity index is 2.19. The molecule has 0 bridgehead atoms. The van der Waals surface area contributed by atoms with E-state index in [4.69, 9.17) is 0 Å². The van der Waals surface area contributed by atoms with Crippen molar-refractivity contribution in [1.29, 1.82) is 0 Å². The van der Waals surface area contributed by atoms with Crippen LogP contribution in [0.4, 0.5) is 5.69 Å². The Hall–Kier alpha value is -3.06. The van der Waals surface area contributed by atoms with Gasteiger partial charge in [0.2, 0.25) is 4.80 Å². The molecule has 6 nitrogen and oxygen atoms in total. The zero-order chi connectivity index (χ0) is 17.8. The van der Waals surface area contributed by atoms with Gasteiger partial charge in [0.25, 0.3) is 5.69 Å². The summed E-state index contributed by atoms with van der Waals surface area (Å²) in [6, 6.07) is 16.4. The van der Waals surface area contributed by atoms with Crippen molar-refractivity contribution in [3.63, 3.8) is 0 Å². The Bertz CT molecular complexity index is 982. The first-order chi connectivity index (χ1) is 12.1. The second-order valence-corrected chi connectivity index (χ2v) is 6.36. The lowest BCUT2D eigenvalue weighted by atomic mass is 10.1. The molecule has 1 aromatic heterocycles. The minimum absolute atomic E-state index is 0.0707. The van der Waals surface area contributed by atoms with Crippen molar-refractivity contribution in [3.05, 3.63) is 74.9 Å². The van der Waals surface area contributed by atoms with Crippen LogP contribution >= 0.6 is 11.3 Å². The predicted molar refractivity (Wildman–Crippen MR) is 100 cm³/mol. The summed E-state index contributed by atoms with van der Waals surface area (Å²) >= 11 is 1.47. The van der Waals surface area contributed by atoms with Crippen LogP contribution in [0.2, 0.25) is 0 Å². The largest absolute Gasteiger partial charge is 0.284 e. The van der Waals surface area contributed by atoms with Crippen molar-refractivity contribution >= 4 is 22.7 Å². The number of hydrogen-bond acceptors (Lipinski definition) is 5. The molecule has 0 aliphatic rings. The fraction of sp³-hybridized carbons (Fsp3) is 0.111. The predicted octanol–water partition coefficient (Wildman–Crippen LogP) is 4.41. The van der Waals surface area contributed by atoms with Crippen molar-refractivity contribution in [1.82, 2.24) is 4.57 Å². The number of nitro benzene ring substituents is 1. The summed E-state index contributed by atoms with van der Waals surface area (Å²) in [7, 11) is 0. The molecule has 0 saturated carbocycles. The van der Waals surface area contributed by atoms with E-state index in [-0.39, 0.29) is 5.69 Å². The summed E-state index contributed by atoms with van der Waals surface area (Å²) in [4.78, 5) is 11.2. The first kappa shape index (κ1) is 16.8. The van der Waals surface area contributed by atoms with E-state index in [9.17, 15) is 10.1 Å². The van der Waals surface area contributed by atoms with Gasteiger partial charge >= 0.3 is 0 Å². The summed E-state index contributed by atoms with van der Waals surface area (Å²) in [5.74, 6) is 0. The molecule has 0 spiro atoms. The fourth-order valence-electron chi connectivity index (χ4n) is 2.31. The standard InChI is InChI=1S/C18H16N4O2S/c1-13(2)19-20-18-21(15-6-4-3-5-7-15)17(12-25-18)14-8-10-16(11-9-14)22(23)24/h3-12H,1-2H3/b20-18-. The number of hydrogen-bond donors (Lipinski definition) is 0. The van der Waals surface area contributed by atoms with Crippen LogP contribution < -0.4 is 4.80 Å². The molecule has 25 heavy (non-hydrogen) atoms. The van der Waals surface area contributed by atoms with E-state index in [0.29, 0.717) is 0 Å². The zero-order valence-electron chi connectivity index (χ0n) is 13.8. The van der Waals surface area contributed by atoms with Gasteiger partial charge in [-0.3, -0.25) is 14.7 Å². The van der Waals surface area contributed by atoms with Gasteiger partial charge in [-0.1, -0.05) is 18.2 Å². The Labute approximate surface area is 148 Å². The third kappa shape index (κ3) is 3.72. The van der Waals surface area contributed by atoms with Gasteiger partial charge in [0.15, 0.2) is 0 Å². The molecule has 0 unspecified atom stereocenters. The maximum Gasteiger partial charge on any atom is 0.269 e. The maximum absolute atomic E-state index is 10.9. The lowest BCUT2D eigenvalue weighted by Gasteiger charge is -2.08. The van der Waals surface area contributed by atoms with Gasteiger partial charge in [-0.2, -0.15) is 5.10 Å². The molecule has 3 aromatic rings. The first-order valence-corrected chi connectivity index (χ1v) is 8.50. The summed E-state index contributed by atoms with van der Waals surface area (Å²) in [6.07, 6.45) is 0. The van der Waals surface area contributed by atoms with E-state index in [1.165, 1.54) is 23.5 Å². The first-order valence-electron chi connectivity index (χ1n) is 7.62. The van der Waals surface area contributed by atoms with Crippen LogP contribution in [0.3, 0.4) is 0 Å². The Morgan fingerprint density at radius 1 is 1.08 bits per heavy atom. The van der Waals surface area contributed by atoms with Gasteiger partial charge in [-0.25, -0.2) is 0 Å². The molecule has 0 aliphatic carbocycles. The molecule has 126 valence electrons. The highest BCUT2D eigenvalue weighted by Crippen LogP contribution is 2.25. The fourth-order valence-corrected chi connectivity index (χ4v) is 3.16. The van der Waals surface area contributed by atoms with Gasteiger partial charge in [0.1, 0.15) is 0 Å². The van der Waals surface area contributed by atoms with Crippen LogP contribution in [-0.4, -0.2) is 15.2 Å².